The van der Waals surface area contributed by atoms with Crippen molar-refractivity contribution in [2.24, 2.45) is 0 Å². The molecule has 0 bridgehead atoms. The summed E-state index contributed by atoms with van der Waals surface area (Å²) in [5.41, 5.74) is 0.369. The Morgan fingerprint density at radius 1 is 1.15 bits per heavy atom. The molecule has 1 aliphatic rings. The van der Waals surface area contributed by atoms with Gasteiger partial charge in [-0.25, -0.2) is 12.8 Å². The van der Waals surface area contributed by atoms with Crippen molar-refractivity contribution in [2.75, 3.05) is 36.8 Å². The molecule has 1 fully saturated rings. The van der Waals surface area contributed by atoms with Gasteiger partial charge in [0.25, 0.3) is 10.0 Å². The Kier molecular flexibility index (Phi) is 6.39. The molecule has 26 heavy (non-hydrogen) atoms. The number of aryl methyl sites for hydroxylation is 1. The summed E-state index contributed by atoms with van der Waals surface area (Å²) < 4.78 is 100. The lowest BCUT2D eigenvalue weighted by Gasteiger charge is -2.35. The number of alkyl halides is 5. The van der Waals surface area contributed by atoms with Gasteiger partial charge in [0.15, 0.2) is 0 Å². The molecule has 1 heterocycles. The summed E-state index contributed by atoms with van der Waals surface area (Å²) in [4.78, 5) is 1.69. The zero-order valence-electron chi connectivity index (χ0n) is 13.6. The molecule has 1 aromatic rings. The van der Waals surface area contributed by atoms with Crippen molar-refractivity contribution in [3.63, 3.8) is 0 Å². The standard InChI is InChI=1S/C14H16F6N2O2S2/c1-9-6-10(15)11(7-12(9)25-8-14(18,19)20)21-2-4-22(5-3-21)26(23,24)13(16)17/h6-7,13H,2-5,8H2,1H3. The van der Waals surface area contributed by atoms with Crippen molar-refractivity contribution in [2.45, 2.75) is 23.8 Å². The Morgan fingerprint density at radius 2 is 1.73 bits per heavy atom. The van der Waals surface area contributed by atoms with Crippen LogP contribution in [0.2, 0.25) is 0 Å². The molecule has 0 atom stereocenters. The molecule has 0 unspecified atom stereocenters. The first-order valence-corrected chi connectivity index (χ1v) is 9.92. The van der Waals surface area contributed by atoms with E-state index in [9.17, 15) is 34.8 Å². The molecule has 4 nitrogen and oxygen atoms in total. The Balaban J connectivity index is 2.15. The second-order valence-electron chi connectivity index (χ2n) is 5.66. The van der Waals surface area contributed by atoms with Gasteiger partial charge in [-0.05, 0) is 24.6 Å². The van der Waals surface area contributed by atoms with Crippen molar-refractivity contribution >= 4 is 27.5 Å². The molecule has 0 saturated carbocycles. The van der Waals surface area contributed by atoms with E-state index >= 15 is 0 Å². The fourth-order valence-corrected chi connectivity index (χ4v) is 4.19. The molecule has 0 aliphatic carbocycles. The molecular formula is C14H16F6N2O2S2. The first kappa shape index (κ1) is 21.2. The van der Waals surface area contributed by atoms with Crippen LogP contribution in [0.15, 0.2) is 17.0 Å². The second kappa shape index (κ2) is 7.85. The zero-order valence-corrected chi connectivity index (χ0v) is 15.2. The van der Waals surface area contributed by atoms with Gasteiger partial charge < -0.3 is 4.90 Å². The van der Waals surface area contributed by atoms with Gasteiger partial charge in [0.2, 0.25) is 0 Å². The molecule has 0 amide bonds. The molecule has 12 heteroatoms. The average molecular weight is 422 g/mol. The molecule has 1 aromatic carbocycles. The first-order valence-electron chi connectivity index (χ1n) is 7.43. The van der Waals surface area contributed by atoms with Crippen molar-refractivity contribution in [3.05, 3.63) is 23.5 Å². The molecule has 0 radical (unpaired) electrons. The normalized spacial score (nSPS) is 17.2. The molecule has 148 valence electrons. The van der Waals surface area contributed by atoms with Crippen molar-refractivity contribution in [3.8, 4) is 0 Å². The summed E-state index contributed by atoms with van der Waals surface area (Å²) in [7, 11) is -4.71. The predicted octanol–water partition coefficient (Wildman–Crippen LogP) is 3.46. The van der Waals surface area contributed by atoms with Gasteiger partial charge in [-0.3, -0.25) is 0 Å². The number of anilines is 1. The lowest BCUT2D eigenvalue weighted by atomic mass is 10.2. The quantitative estimate of drug-likeness (QED) is 0.538. The number of piperazine rings is 1. The van der Waals surface area contributed by atoms with E-state index in [2.05, 4.69) is 0 Å². The minimum absolute atomic E-state index is 0.0226. The van der Waals surface area contributed by atoms with Gasteiger partial charge in [-0.1, -0.05) is 0 Å². The summed E-state index contributed by atoms with van der Waals surface area (Å²) in [6, 6.07) is 2.38. The molecular weight excluding hydrogens is 406 g/mol. The van der Waals surface area contributed by atoms with Crippen molar-refractivity contribution in [1.29, 1.82) is 0 Å². The smallest absolute Gasteiger partial charge is 0.366 e. The van der Waals surface area contributed by atoms with Crippen molar-refractivity contribution < 1.29 is 34.8 Å². The third-order valence-corrected chi connectivity index (χ3v) is 6.56. The molecule has 0 aromatic heterocycles. The van der Waals surface area contributed by atoms with E-state index in [0.717, 1.165) is 6.07 Å². The maximum absolute atomic E-state index is 14.2. The van der Waals surface area contributed by atoms with Gasteiger partial charge in [0, 0.05) is 31.1 Å². The largest absolute Gasteiger partial charge is 0.398 e. The maximum Gasteiger partial charge on any atom is 0.398 e. The van der Waals surface area contributed by atoms with E-state index in [1.807, 2.05) is 0 Å². The predicted molar refractivity (Wildman–Crippen MR) is 86.6 cm³/mol. The number of hydrogen-bond donors (Lipinski definition) is 0. The van der Waals surface area contributed by atoms with Crippen LogP contribution in [0.1, 0.15) is 5.56 Å². The monoisotopic (exact) mass is 422 g/mol. The van der Waals surface area contributed by atoms with E-state index in [0.29, 0.717) is 21.6 Å². The van der Waals surface area contributed by atoms with Crippen LogP contribution in [0, 0.1) is 12.7 Å². The van der Waals surface area contributed by atoms with Gasteiger partial charge in [-0.2, -0.15) is 26.3 Å². The van der Waals surface area contributed by atoms with E-state index in [1.54, 1.807) is 0 Å². The summed E-state index contributed by atoms with van der Waals surface area (Å²) in [5.74, 6) is -5.32. The van der Waals surface area contributed by atoms with E-state index in [-0.39, 0.29) is 36.8 Å². The SMILES string of the molecule is Cc1cc(F)c(N2CCN(S(=O)(=O)C(F)F)CC2)cc1SCC(F)(F)F. The Morgan fingerprint density at radius 3 is 2.23 bits per heavy atom. The lowest BCUT2D eigenvalue weighted by molar-refractivity contribution is -0.105. The third-order valence-electron chi connectivity index (χ3n) is 3.80. The minimum Gasteiger partial charge on any atom is -0.366 e. The van der Waals surface area contributed by atoms with Crippen molar-refractivity contribution in [1.82, 2.24) is 4.31 Å². The van der Waals surface area contributed by atoms with Crippen LogP contribution in [-0.4, -0.2) is 56.6 Å². The fourth-order valence-electron chi connectivity index (χ4n) is 2.50. The van der Waals surface area contributed by atoms with Crippen LogP contribution in [-0.2, 0) is 10.0 Å². The number of sulfonamides is 1. The van der Waals surface area contributed by atoms with Crippen LogP contribution < -0.4 is 4.90 Å². The Labute approximate surface area is 151 Å². The highest BCUT2D eigenvalue weighted by molar-refractivity contribution is 7.99. The minimum atomic E-state index is -4.71. The molecule has 2 rings (SSSR count). The third kappa shape index (κ3) is 4.97. The van der Waals surface area contributed by atoms with Gasteiger partial charge in [-0.15, -0.1) is 11.8 Å². The van der Waals surface area contributed by atoms with Crippen LogP contribution in [0.25, 0.3) is 0 Å². The molecule has 1 saturated heterocycles. The first-order chi connectivity index (χ1) is 11.9. The number of thioether (sulfide) groups is 1. The van der Waals surface area contributed by atoms with E-state index < -0.39 is 33.5 Å². The summed E-state index contributed by atoms with van der Waals surface area (Å²) >= 11 is 0.526. The second-order valence-corrected chi connectivity index (χ2v) is 8.58. The summed E-state index contributed by atoms with van der Waals surface area (Å²) in [5, 5.41) is 0. The van der Waals surface area contributed by atoms with E-state index in [4.69, 9.17) is 0 Å². The van der Waals surface area contributed by atoms with Gasteiger partial charge >= 0.3 is 11.9 Å². The van der Waals surface area contributed by atoms with Gasteiger partial charge in [0.1, 0.15) is 5.82 Å². The number of halogens is 6. The molecule has 0 spiro atoms. The Bertz CT molecular complexity index is 747. The topological polar surface area (TPSA) is 40.6 Å². The highest BCUT2D eigenvalue weighted by Gasteiger charge is 2.35. The van der Waals surface area contributed by atoms with Crippen LogP contribution in [0.3, 0.4) is 0 Å². The highest BCUT2D eigenvalue weighted by atomic mass is 32.2. The van der Waals surface area contributed by atoms with Gasteiger partial charge in [0.05, 0.1) is 11.4 Å². The van der Waals surface area contributed by atoms with Crippen LogP contribution >= 0.6 is 11.8 Å². The average Bonchev–Trinajstić information content (AvgIpc) is 2.53. The Hall–Kier alpha value is -1.14. The molecule has 1 aliphatic heterocycles. The summed E-state index contributed by atoms with van der Waals surface area (Å²) in [6.45, 7) is 0.874. The maximum atomic E-state index is 14.2. The zero-order chi connectivity index (χ0) is 19.7. The number of hydrogen-bond acceptors (Lipinski definition) is 4. The fraction of sp³-hybridized carbons (Fsp3) is 0.571. The van der Waals surface area contributed by atoms with E-state index in [1.165, 1.54) is 17.9 Å². The number of nitrogens with zero attached hydrogens (tertiary/aromatic N) is 2. The summed E-state index contributed by atoms with van der Waals surface area (Å²) in [6.07, 6.45) is -4.37. The molecule has 0 N–H and O–H groups in total. The van der Waals surface area contributed by atoms with Crippen LogP contribution in [0.4, 0.5) is 32.0 Å². The lowest BCUT2D eigenvalue weighted by Crippen LogP contribution is -2.50. The highest BCUT2D eigenvalue weighted by Crippen LogP contribution is 2.34. The number of rotatable bonds is 5. The van der Waals surface area contributed by atoms with Crippen LogP contribution in [0.5, 0.6) is 0 Å². The number of benzene rings is 1.